The van der Waals surface area contributed by atoms with Crippen molar-refractivity contribution in [2.75, 3.05) is 32.8 Å². The van der Waals surface area contributed by atoms with Crippen molar-refractivity contribution in [3.05, 3.63) is 35.9 Å². The molecule has 0 spiro atoms. The van der Waals surface area contributed by atoms with E-state index in [1.54, 1.807) is 0 Å². The summed E-state index contributed by atoms with van der Waals surface area (Å²) in [5, 5.41) is 12.7. The summed E-state index contributed by atoms with van der Waals surface area (Å²) in [5.41, 5.74) is 1.41. The first-order valence-electron chi connectivity index (χ1n) is 7.49. The van der Waals surface area contributed by atoms with Gasteiger partial charge in [-0.1, -0.05) is 30.3 Å². The van der Waals surface area contributed by atoms with Crippen molar-refractivity contribution >= 4 is 0 Å². The summed E-state index contributed by atoms with van der Waals surface area (Å²) >= 11 is 0. The van der Waals surface area contributed by atoms with Gasteiger partial charge >= 0.3 is 0 Å². The third kappa shape index (κ3) is 5.31. The molecule has 19 heavy (non-hydrogen) atoms. The molecule has 0 bridgehead atoms. The minimum Gasteiger partial charge on any atom is -0.395 e. The van der Waals surface area contributed by atoms with Gasteiger partial charge in [0.2, 0.25) is 0 Å². The molecule has 3 heteroatoms. The summed E-state index contributed by atoms with van der Waals surface area (Å²) in [6.45, 7) is 4.37. The summed E-state index contributed by atoms with van der Waals surface area (Å²) in [7, 11) is 0. The van der Waals surface area contributed by atoms with Crippen molar-refractivity contribution in [3.8, 4) is 0 Å². The van der Waals surface area contributed by atoms with Crippen molar-refractivity contribution in [1.82, 2.24) is 10.2 Å². The number of benzene rings is 1. The van der Waals surface area contributed by atoms with Crippen LogP contribution in [0.5, 0.6) is 0 Å². The van der Waals surface area contributed by atoms with E-state index in [4.69, 9.17) is 5.11 Å². The molecule has 1 aliphatic rings. The second-order valence-electron chi connectivity index (χ2n) is 5.41. The number of aryl methyl sites for hydroxylation is 1. The molecule has 1 saturated heterocycles. The molecule has 0 saturated carbocycles. The van der Waals surface area contributed by atoms with Crippen LogP contribution in [0, 0.1) is 0 Å². The molecule has 1 fully saturated rings. The monoisotopic (exact) mass is 262 g/mol. The van der Waals surface area contributed by atoms with Gasteiger partial charge in [-0.2, -0.15) is 0 Å². The summed E-state index contributed by atoms with van der Waals surface area (Å²) in [6.07, 6.45) is 4.86. The molecule has 0 radical (unpaired) electrons. The van der Waals surface area contributed by atoms with Crippen LogP contribution in [0.2, 0.25) is 0 Å². The zero-order chi connectivity index (χ0) is 13.3. The van der Waals surface area contributed by atoms with E-state index in [0.29, 0.717) is 6.04 Å². The highest BCUT2D eigenvalue weighted by Gasteiger charge is 2.17. The van der Waals surface area contributed by atoms with Gasteiger partial charge in [0.15, 0.2) is 0 Å². The minimum atomic E-state index is 0.262. The molecular weight excluding hydrogens is 236 g/mol. The standard InChI is InChI=1S/C16H26N2O/c19-13-12-18(14-16-9-4-10-17-16)11-5-8-15-6-2-1-3-7-15/h1-3,6-7,16-17,19H,4-5,8-14H2. The fourth-order valence-electron chi connectivity index (χ4n) is 2.81. The van der Waals surface area contributed by atoms with E-state index in [1.807, 2.05) is 0 Å². The number of aliphatic hydroxyl groups is 1. The highest BCUT2D eigenvalue weighted by molar-refractivity contribution is 5.14. The average molecular weight is 262 g/mol. The van der Waals surface area contributed by atoms with Crippen LogP contribution in [0.15, 0.2) is 30.3 Å². The lowest BCUT2D eigenvalue weighted by Crippen LogP contribution is -2.39. The number of nitrogens with one attached hydrogen (secondary N) is 1. The molecule has 1 atom stereocenters. The van der Waals surface area contributed by atoms with Gasteiger partial charge in [-0.3, -0.25) is 4.90 Å². The largest absolute Gasteiger partial charge is 0.395 e. The third-order valence-corrected chi connectivity index (χ3v) is 3.84. The van der Waals surface area contributed by atoms with Gasteiger partial charge in [-0.05, 0) is 44.3 Å². The van der Waals surface area contributed by atoms with Crippen LogP contribution in [0.4, 0.5) is 0 Å². The second-order valence-corrected chi connectivity index (χ2v) is 5.41. The third-order valence-electron chi connectivity index (χ3n) is 3.84. The first-order valence-corrected chi connectivity index (χ1v) is 7.49. The maximum atomic E-state index is 9.16. The van der Waals surface area contributed by atoms with E-state index < -0.39 is 0 Å². The van der Waals surface area contributed by atoms with Crippen molar-refractivity contribution in [3.63, 3.8) is 0 Å². The summed E-state index contributed by atoms with van der Waals surface area (Å²) < 4.78 is 0. The highest BCUT2D eigenvalue weighted by atomic mass is 16.3. The fraction of sp³-hybridized carbons (Fsp3) is 0.625. The van der Waals surface area contributed by atoms with E-state index in [-0.39, 0.29) is 6.61 Å². The van der Waals surface area contributed by atoms with Gasteiger partial charge in [0.1, 0.15) is 0 Å². The molecule has 1 aromatic carbocycles. The van der Waals surface area contributed by atoms with Crippen molar-refractivity contribution < 1.29 is 5.11 Å². The number of hydrogen-bond donors (Lipinski definition) is 2. The lowest BCUT2D eigenvalue weighted by atomic mass is 10.1. The molecule has 0 amide bonds. The number of rotatable bonds is 8. The summed E-state index contributed by atoms with van der Waals surface area (Å²) in [4.78, 5) is 2.39. The van der Waals surface area contributed by atoms with Gasteiger partial charge in [-0.15, -0.1) is 0 Å². The van der Waals surface area contributed by atoms with Gasteiger partial charge in [0.05, 0.1) is 6.61 Å². The van der Waals surface area contributed by atoms with Crippen LogP contribution in [-0.4, -0.2) is 48.8 Å². The quantitative estimate of drug-likeness (QED) is 0.748. The molecule has 1 heterocycles. The zero-order valence-corrected chi connectivity index (χ0v) is 11.7. The Kier molecular flexibility index (Phi) is 6.34. The van der Waals surface area contributed by atoms with Crippen LogP contribution in [-0.2, 0) is 6.42 Å². The molecule has 106 valence electrons. The van der Waals surface area contributed by atoms with Gasteiger partial charge in [-0.25, -0.2) is 0 Å². The van der Waals surface area contributed by atoms with Crippen molar-refractivity contribution in [2.24, 2.45) is 0 Å². The minimum absolute atomic E-state index is 0.262. The van der Waals surface area contributed by atoms with E-state index in [1.165, 1.54) is 18.4 Å². The predicted molar refractivity (Wildman–Crippen MR) is 79.3 cm³/mol. The summed E-state index contributed by atoms with van der Waals surface area (Å²) in [5.74, 6) is 0. The number of hydrogen-bond acceptors (Lipinski definition) is 3. The molecule has 0 aromatic heterocycles. The molecule has 1 aromatic rings. The Morgan fingerprint density at radius 1 is 1.21 bits per heavy atom. The van der Waals surface area contributed by atoms with Crippen LogP contribution in [0.25, 0.3) is 0 Å². The second kappa shape index (κ2) is 8.31. The Balaban J connectivity index is 1.70. The molecule has 1 aliphatic heterocycles. The van der Waals surface area contributed by atoms with Crippen LogP contribution < -0.4 is 5.32 Å². The summed E-state index contributed by atoms with van der Waals surface area (Å²) in [6, 6.07) is 11.3. The maximum absolute atomic E-state index is 9.16. The fourth-order valence-corrected chi connectivity index (χ4v) is 2.81. The van der Waals surface area contributed by atoms with Crippen LogP contribution in [0.1, 0.15) is 24.8 Å². The van der Waals surface area contributed by atoms with Crippen LogP contribution >= 0.6 is 0 Å². The van der Waals surface area contributed by atoms with Crippen molar-refractivity contribution in [2.45, 2.75) is 31.7 Å². The number of nitrogens with zero attached hydrogens (tertiary/aromatic N) is 1. The molecule has 0 aliphatic carbocycles. The van der Waals surface area contributed by atoms with Crippen LogP contribution in [0.3, 0.4) is 0 Å². The van der Waals surface area contributed by atoms with Gasteiger partial charge < -0.3 is 10.4 Å². The maximum Gasteiger partial charge on any atom is 0.0558 e. The average Bonchev–Trinajstić information content (AvgIpc) is 2.93. The Hall–Kier alpha value is -0.900. The first-order chi connectivity index (χ1) is 9.38. The van der Waals surface area contributed by atoms with E-state index in [2.05, 4.69) is 40.5 Å². The Bertz CT molecular complexity index is 336. The molecule has 2 N–H and O–H groups in total. The SMILES string of the molecule is OCCN(CCCc1ccccc1)CC1CCCN1. The zero-order valence-electron chi connectivity index (χ0n) is 11.7. The first kappa shape index (κ1) is 14.5. The van der Waals surface area contributed by atoms with Gasteiger partial charge in [0.25, 0.3) is 0 Å². The molecule has 1 unspecified atom stereocenters. The van der Waals surface area contributed by atoms with Gasteiger partial charge in [0, 0.05) is 19.1 Å². The van der Waals surface area contributed by atoms with Crippen molar-refractivity contribution in [1.29, 1.82) is 0 Å². The van der Waals surface area contributed by atoms with E-state index in [0.717, 1.165) is 39.0 Å². The molecule has 3 nitrogen and oxygen atoms in total. The Morgan fingerprint density at radius 3 is 2.74 bits per heavy atom. The van der Waals surface area contributed by atoms with E-state index >= 15 is 0 Å². The Labute approximate surface area is 116 Å². The smallest absolute Gasteiger partial charge is 0.0558 e. The normalized spacial score (nSPS) is 19.2. The number of aliphatic hydroxyl groups excluding tert-OH is 1. The predicted octanol–water partition coefficient (Wildman–Crippen LogP) is 1.67. The molecule has 2 rings (SSSR count). The van der Waals surface area contributed by atoms with E-state index in [9.17, 15) is 0 Å². The lowest BCUT2D eigenvalue weighted by molar-refractivity contribution is 0.183. The lowest BCUT2D eigenvalue weighted by Gasteiger charge is -2.24. The molecular formula is C16H26N2O. The topological polar surface area (TPSA) is 35.5 Å². The highest BCUT2D eigenvalue weighted by Crippen LogP contribution is 2.08. The Morgan fingerprint density at radius 2 is 2.05 bits per heavy atom.